The predicted octanol–water partition coefficient (Wildman–Crippen LogP) is 4.87. The van der Waals surface area contributed by atoms with E-state index in [0.717, 1.165) is 15.4 Å². The second kappa shape index (κ2) is 6.32. The number of esters is 1. The van der Waals surface area contributed by atoms with E-state index >= 15 is 0 Å². The Hall–Kier alpha value is -2.28. The lowest BCUT2D eigenvalue weighted by Crippen LogP contribution is -2.03. The number of aromatic nitrogens is 1. The third-order valence-electron chi connectivity index (χ3n) is 3.25. The Bertz CT molecular complexity index is 957. The van der Waals surface area contributed by atoms with Gasteiger partial charge in [0, 0.05) is 16.0 Å². The highest BCUT2D eigenvalue weighted by atomic mass is 35.5. The molecule has 24 heavy (non-hydrogen) atoms. The van der Waals surface area contributed by atoms with Crippen LogP contribution in [0.3, 0.4) is 0 Å². The number of thiazole rings is 1. The summed E-state index contributed by atoms with van der Waals surface area (Å²) in [7, 11) is 0. The number of carbonyl (C=O) groups excluding carboxylic acids is 1. The van der Waals surface area contributed by atoms with E-state index in [9.17, 15) is 4.79 Å². The van der Waals surface area contributed by atoms with Crippen molar-refractivity contribution in [1.82, 2.24) is 4.98 Å². The number of carbonyl (C=O) groups is 1. The molecule has 7 heteroatoms. The molecule has 0 bridgehead atoms. The predicted molar refractivity (Wildman–Crippen MR) is 97.5 cm³/mol. The maximum atomic E-state index is 12.0. The maximum Gasteiger partial charge on any atom is 0.363 e. The number of benzene rings is 1. The van der Waals surface area contributed by atoms with Crippen LogP contribution in [0, 0.1) is 0 Å². The molecule has 0 saturated heterocycles. The lowest BCUT2D eigenvalue weighted by molar-refractivity contribution is -0.129. The fourth-order valence-corrected chi connectivity index (χ4v) is 3.69. The van der Waals surface area contributed by atoms with Crippen molar-refractivity contribution in [2.24, 2.45) is 4.99 Å². The summed E-state index contributed by atoms with van der Waals surface area (Å²) in [4.78, 5) is 21.6. The third kappa shape index (κ3) is 3.03. The van der Waals surface area contributed by atoms with Crippen molar-refractivity contribution in [2.75, 3.05) is 0 Å². The molecule has 0 aliphatic carbocycles. The Balaban J connectivity index is 1.62. The van der Waals surface area contributed by atoms with Crippen molar-refractivity contribution in [3.05, 3.63) is 68.4 Å². The summed E-state index contributed by atoms with van der Waals surface area (Å²) in [5.41, 5.74) is 1.91. The van der Waals surface area contributed by atoms with E-state index in [2.05, 4.69) is 9.98 Å². The van der Waals surface area contributed by atoms with Crippen molar-refractivity contribution in [3.8, 4) is 10.6 Å². The standard InChI is InChI=1S/C17H9ClN2O2S2/c18-11-5-3-10(4-6-11)16-19-12(9-24-16)8-13-17(21)22-15(20-13)14-2-1-7-23-14/h1-9H/b13-8-. The van der Waals surface area contributed by atoms with E-state index in [1.54, 1.807) is 6.08 Å². The minimum Gasteiger partial charge on any atom is -0.401 e. The van der Waals surface area contributed by atoms with E-state index in [-0.39, 0.29) is 5.70 Å². The first-order chi connectivity index (χ1) is 11.7. The fourth-order valence-electron chi connectivity index (χ4n) is 2.13. The summed E-state index contributed by atoms with van der Waals surface area (Å²) in [6.45, 7) is 0. The molecule has 1 aliphatic heterocycles. The second-order valence-electron chi connectivity index (χ2n) is 4.90. The molecule has 0 saturated carbocycles. The number of halogens is 1. The van der Waals surface area contributed by atoms with Gasteiger partial charge in [-0.3, -0.25) is 0 Å². The molecule has 1 aliphatic rings. The summed E-state index contributed by atoms with van der Waals surface area (Å²) in [5.74, 6) is -0.117. The Labute approximate surface area is 150 Å². The molecule has 0 spiro atoms. The van der Waals surface area contributed by atoms with Gasteiger partial charge in [-0.15, -0.1) is 22.7 Å². The van der Waals surface area contributed by atoms with Crippen LogP contribution >= 0.6 is 34.3 Å². The Kier molecular flexibility index (Phi) is 4.02. The molecule has 0 radical (unpaired) electrons. The van der Waals surface area contributed by atoms with Gasteiger partial charge in [0.1, 0.15) is 5.01 Å². The van der Waals surface area contributed by atoms with E-state index in [1.807, 2.05) is 47.2 Å². The zero-order valence-corrected chi connectivity index (χ0v) is 14.5. The summed E-state index contributed by atoms with van der Waals surface area (Å²) < 4.78 is 5.21. The average molecular weight is 373 g/mol. The average Bonchev–Trinajstić information content (AvgIpc) is 3.31. The normalized spacial score (nSPS) is 15.6. The SMILES string of the molecule is O=C1OC(c2cccs2)=N/C1=C\c1csc(-c2ccc(Cl)cc2)n1. The molecule has 1 aromatic carbocycles. The van der Waals surface area contributed by atoms with E-state index < -0.39 is 5.97 Å². The zero-order valence-electron chi connectivity index (χ0n) is 12.1. The number of hydrogen-bond donors (Lipinski definition) is 0. The summed E-state index contributed by atoms with van der Waals surface area (Å²) in [5, 5.41) is 5.32. The second-order valence-corrected chi connectivity index (χ2v) is 7.14. The van der Waals surface area contributed by atoms with Gasteiger partial charge in [0.2, 0.25) is 5.90 Å². The molecule has 3 heterocycles. The number of hydrogen-bond acceptors (Lipinski definition) is 6. The summed E-state index contributed by atoms with van der Waals surface area (Å²) >= 11 is 8.87. The Morgan fingerprint density at radius 2 is 1.96 bits per heavy atom. The van der Waals surface area contributed by atoms with E-state index in [4.69, 9.17) is 16.3 Å². The minimum absolute atomic E-state index is 0.256. The van der Waals surface area contributed by atoms with Gasteiger partial charge in [0.25, 0.3) is 0 Å². The zero-order chi connectivity index (χ0) is 16.5. The molecule has 4 nitrogen and oxygen atoms in total. The topological polar surface area (TPSA) is 51.5 Å². The number of ether oxygens (including phenoxy) is 1. The highest BCUT2D eigenvalue weighted by Gasteiger charge is 2.25. The smallest absolute Gasteiger partial charge is 0.363 e. The van der Waals surface area contributed by atoms with Crippen molar-refractivity contribution in [1.29, 1.82) is 0 Å². The number of rotatable bonds is 3. The van der Waals surface area contributed by atoms with Gasteiger partial charge in [0.15, 0.2) is 5.70 Å². The monoisotopic (exact) mass is 372 g/mol. The molecule has 0 N–H and O–H groups in total. The molecule has 118 valence electrons. The van der Waals surface area contributed by atoms with Gasteiger partial charge in [-0.2, -0.15) is 0 Å². The van der Waals surface area contributed by atoms with E-state index in [0.29, 0.717) is 16.6 Å². The Morgan fingerprint density at radius 1 is 1.12 bits per heavy atom. The van der Waals surface area contributed by atoms with Gasteiger partial charge >= 0.3 is 5.97 Å². The van der Waals surface area contributed by atoms with Crippen LogP contribution in [0.1, 0.15) is 10.6 Å². The van der Waals surface area contributed by atoms with Crippen molar-refractivity contribution in [3.63, 3.8) is 0 Å². The Morgan fingerprint density at radius 3 is 2.71 bits per heavy atom. The van der Waals surface area contributed by atoms with Crippen LogP contribution in [0.4, 0.5) is 0 Å². The first-order valence-corrected chi connectivity index (χ1v) is 9.11. The van der Waals surface area contributed by atoms with Gasteiger partial charge in [0.05, 0.1) is 10.6 Å². The van der Waals surface area contributed by atoms with Gasteiger partial charge < -0.3 is 4.74 Å². The van der Waals surface area contributed by atoms with Gasteiger partial charge in [-0.25, -0.2) is 14.8 Å². The number of cyclic esters (lactones) is 1. The van der Waals surface area contributed by atoms with Crippen LogP contribution in [0.25, 0.3) is 16.6 Å². The van der Waals surface area contributed by atoms with Crippen LogP contribution in [0.2, 0.25) is 5.02 Å². The molecule has 2 aromatic heterocycles. The minimum atomic E-state index is -0.459. The molecule has 0 amide bonds. The summed E-state index contributed by atoms with van der Waals surface area (Å²) in [6.07, 6.45) is 1.64. The highest BCUT2D eigenvalue weighted by Crippen LogP contribution is 2.27. The van der Waals surface area contributed by atoms with E-state index in [1.165, 1.54) is 22.7 Å². The van der Waals surface area contributed by atoms with Crippen molar-refractivity contribution < 1.29 is 9.53 Å². The maximum absolute atomic E-state index is 12.0. The molecule has 0 unspecified atom stereocenters. The van der Waals surface area contributed by atoms with Crippen LogP contribution in [-0.2, 0) is 9.53 Å². The largest absolute Gasteiger partial charge is 0.401 e. The van der Waals surface area contributed by atoms with Crippen LogP contribution < -0.4 is 0 Å². The molecule has 0 atom stereocenters. The first kappa shape index (κ1) is 15.3. The molecule has 0 fully saturated rings. The quantitative estimate of drug-likeness (QED) is 0.487. The van der Waals surface area contributed by atoms with Crippen molar-refractivity contribution >= 4 is 52.2 Å². The molecule has 3 aromatic rings. The number of aliphatic imine (C=N–C) groups is 1. The number of thiophene rings is 1. The molecular formula is C17H9ClN2O2S2. The van der Waals surface area contributed by atoms with Crippen LogP contribution in [0.15, 0.2) is 57.8 Å². The third-order valence-corrected chi connectivity index (χ3v) is 5.27. The van der Waals surface area contributed by atoms with Crippen molar-refractivity contribution in [2.45, 2.75) is 0 Å². The van der Waals surface area contributed by atoms with Crippen LogP contribution in [-0.4, -0.2) is 16.9 Å². The molecular weight excluding hydrogens is 364 g/mol. The lowest BCUT2D eigenvalue weighted by Gasteiger charge is -1.95. The number of nitrogens with zero attached hydrogens (tertiary/aromatic N) is 2. The highest BCUT2D eigenvalue weighted by molar-refractivity contribution is 7.13. The fraction of sp³-hybridized carbons (Fsp3) is 0. The van der Waals surface area contributed by atoms with Crippen LogP contribution in [0.5, 0.6) is 0 Å². The van der Waals surface area contributed by atoms with Gasteiger partial charge in [-0.1, -0.05) is 29.8 Å². The van der Waals surface area contributed by atoms with Gasteiger partial charge in [-0.05, 0) is 29.7 Å². The molecule has 4 rings (SSSR count). The lowest BCUT2D eigenvalue weighted by atomic mass is 10.2. The first-order valence-electron chi connectivity index (χ1n) is 6.97. The summed E-state index contributed by atoms with van der Waals surface area (Å²) in [6, 6.07) is 11.2.